The summed E-state index contributed by atoms with van der Waals surface area (Å²) in [5, 5.41) is 2.76. The third-order valence-electron chi connectivity index (χ3n) is 7.22. The van der Waals surface area contributed by atoms with E-state index in [2.05, 4.69) is 26.3 Å². The summed E-state index contributed by atoms with van der Waals surface area (Å²) < 4.78 is 34.3. The molecular weight excluding hydrogens is 438 g/mol. The molecule has 0 saturated carbocycles. The van der Waals surface area contributed by atoms with Gasteiger partial charge in [0.25, 0.3) is 5.91 Å². The molecule has 3 aliphatic rings. The van der Waals surface area contributed by atoms with Gasteiger partial charge in [0.1, 0.15) is 11.6 Å². The molecule has 1 spiro atoms. The number of nitrogens with one attached hydrogen (secondary N) is 1. The SMILES string of the molecule is O=C1NCc2nc(-c3c(F)cccc3F)cc(Cc3ccc(N4CCC5(CC4)COC5)cn3)c21. The fourth-order valence-corrected chi connectivity index (χ4v) is 5.15. The highest BCUT2D eigenvalue weighted by atomic mass is 19.1. The topological polar surface area (TPSA) is 67.4 Å². The van der Waals surface area contributed by atoms with Crippen molar-refractivity contribution in [1.82, 2.24) is 15.3 Å². The predicted molar refractivity (Wildman–Crippen MR) is 123 cm³/mol. The number of pyridine rings is 2. The minimum Gasteiger partial charge on any atom is -0.380 e. The molecule has 3 aromatic rings. The molecule has 0 bridgehead atoms. The molecule has 6 rings (SSSR count). The van der Waals surface area contributed by atoms with Gasteiger partial charge in [-0.15, -0.1) is 0 Å². The summed E-state index contributed by atoms with van der Waals surface area (Å²) in [5.74, 6) is -1.60. The van der Waals surface area contributed by atoms with Gasteiger partial charge in [0.05, 0.1) is 54.2 Å². The maximum Gasteiger partial charge on any atom is 0.253 e. The number of hydrogen-bond acceptors (Lipinski definition) is 5. The smallest absolute Gasteiger partial charge is 0.253 e. The van der Waals surface area contributed by atoms with Gasteiger partial charge in [0.2, 0.25) is 0 Å². The van der Waals surface area contributed by atoms with Crippen molar-refractivity contribution in [2.24, 2.45) is 5.41 Å². The average molecular weight is 463 g/mol. The van der Waals surface area contributed by atoms with Crippen molar-refractivity contribution in [2.45, 2.75) is 25.8 Å². The van der Waals surface area contributed by atoms with Crippen molar-refractivity contribution in [3.63, 3.8) is 0 Å². The van der Waals surface area contributed by atoms with Gasteiger partial charge in [-0.05, 0) is 48.7 Å². The van der Waals surface area contributed by atoms with E-state index < -0.39 is 11.6 Å². The Balaban J connectivity index is 1.27. The molecule has 6 nitrogen and oxygen atoms in total. The summed E-state index contributed by atoms with van der Waals surface area (Å²) in [5.41, 5.74) is 3.84. The molecule has 34 heavy (non-hydrogen) atoms. The first-order chi connectivity index (χ1) is 16.5. The van der Waals surface area contributed by atoms with Crippen LogP contribution in [0.4, 0.5) is 14.5 Å². The van der Waals surface area contributed by atoms with Crippen LogP contribution in [0.25, 0.3) is 11.3 Å². The van der Waals surface area contributed by atoms with Gasteiger partial charge in [-0.2, -0.15) is 0 Å². The van der Waals surface area contributed by atoms with Crippen LogP contribution in [0, 0.1) is 17.0 Å². The number of carbonyl (C=O) groups excluding carboxylic acids is 1. The monoisotopic (exact) mass is 462 g/mol. The molecule has 8 heteroatoms. The second-order valence-corrected chi connectivity index (χ2v) is 9.43. The number of fused-ring (bicyclic) bond motifs is 1. The maximum atomic E-state index is 14.4. The van der Waals surface area contributed by atoms with E-state index in [1.165, 1.54) is 18.2 Å². The number of rotatable bonds is 4. The Morgan fingerprint density at radius 2 is 1.82 bits per heavy atom. The molecule has 0 radical (unpaired) electrons. The molecule has 2 fully saturated rings. The molecule has 174 valence electrons. The zero-order chi connectivity index (χ0) is 23.3. The number of anilines is 1. The van der Waals surface area contributed by atoms with E-state index in [0.29, 0.717) is 28.7 Å². The second-order valence-electron chi connectivity index (χ2n) is 9.43. The predicted octanol–water partition coefficient (Wildman–Crippen LogP) is 3.87. The van der Waals surface area contributed by atoms with Crippen molar-refractivity contribution in [1.29, 1.82) is 0 Å². The first-order valence-electron chi connectivity index (χ1n) is 11.5. The van der Waals surface area contributed by atoms with Gasteiger partial charge in [0, 0.05) is 30.6 Å². The highest BCUT2D eigenvalue weighted by molar-refractivity contribution is 5.99. The van der Waals surface area contributed by atoms with Crippen molar-refractivity contribution in [3.8, 4) is 11.3 Å². The highest BCUT2D eigenvalue weighted by Gasteiger charge is 2.41. The quantitative estimate of drug-likeness (QED) is 0.638. The molecule has 0 atom stereocenters. The Hall–Kier alpha value is -3.39. The first kappa shape index (κ1) is 21.2. The first-order valence-corrected chi connectivity index (χ1v) is 11.5. The zero-order valence-corrected chi connectivity index (χ0v) is 18.6. The molecule has 1 N–H and O–H groups in total. The number of hydrogen-bond donors (Lipinski definition) is 1. The van der Waals surface area contributed by atoms with Crippen LogP contribution in [-0.2, 0) is 17.7 Å². The van der Waals surface area contributed by atoms with E-state index in [1.807, 2.05) is 12.3 Å². The minimum absolute atomic E-state index is 0.180. The molecule has 3 aliphatic heterocycles. The van der Waals surface area contributed by atoms with E-state index in [0.717, 1.165) is 50.5 Å². The number of halogens is 2. The largest absolute Gasteiger partial charge is 0.380 e. The van der Waals surface area contributed by atoms with Crippen LogP contribution in [0.15, 0.2) is 42.6 Å². The summed E-state index contributed by atoms with van der Waals surface area (Å²) in [4.78, 5) is 23.8. The van der Waals surface area contributed by atoms with Crippen LogP contribution >= 0.6 is 0 Å². The Morgan fingerprint density at radius 1 is 1.06 bits per heavy atom. The van der Waals surface area contributed by atoms with E-state index in [1.54, 1.807) is 6.07 Å². The van der Waals surface area contributed by atoms with Gasteiger partial charge < -0.3 is 15.0 Å². The van der Waals surface area contributed by atoms with Crippen LogP contribution in [0.5, 0.6) is 0 Å². The Bertz CT molecular complexity index is 1240. The Kier molecular flexibility index (Phi) is 5.06. The van der Waals surface area contributed by atoms with Gasteiger partial charge >= 0.3 is 0 Å². The Labute approximate surface area is 196 Å². The summed E-state index contributed by atoms with van der Waals surface area (Å²) in [6.07, 6.45) is 4.48. The summed E-state index contributed by atoms with van der Waals surface area (Å²) in [6.45, 7) is 3.96. The van der Waals surface area contributed by atoms with Crippen molar-refractivity contribution in [2.75, 3.05) is 31.2 Å². The van der Waals surface area contributed by atoms with E-state index in [9.17, 15) is 13.6 Å². The average Bonchev–Trinajstić information content (AvgIpc) is 3.19. The molecule has 5 heterocycles. The van der Waals surface area contributed by atoms with Crippen molar-refractivity contribution in [3.05, 3.63) is 76.7 Å². The fourth-order valence-electron chi connectivity index (χ4n) is 5.15. The fraction of sp³-hybridized carbons (Fsp3) is 0.346. The maximum absolute atomic E-state index is 14.4. The molecule has 0 aliphatic carbocycles. The van der Waals surface area contributed by atoms with Crippen LogP contribution in [0.3, 0.4) is 0 Å². The third-order valence-corrected chi connectivity index (χ3v) is 7.22. The number of nitrogens with zero attached hydrogens (tertiary/aromatic N) is 3. The van der Waals surface area contributed by atoms with E-state index >= 15 is 0 Å². The van der Waals surface area contributed by atoms with Crippen molar-refractivity contribution < 1.29 is 18.3 Å². The van der Waals surface area contributed by atoms with Crippen LogP contribution < -0.4 is 10.2 Å². The van der Waals surface area contributed by atoms with Crippen LogP contribution in [-0.4, -0.2) is 42.2 Å². The number of ether oxygens (including phenoxy) is 1. The molecule has 0 unspecified atom stereocenters. The highest BCUT2D eigenvalue weighted by Crippen LogP contribution is 2.39. The lowest BCUT2D eigenvalue weighted by atomic mass is 9.77. The van der Waals surface area contributed by atoms with Gasteiger partial charge in [-0.3, -0.25) is 9.78 Å². The minimum atomic E-state index is -0.685. The lowest BCUT2D eigenvalue weighted by Gasteiger charge is -2.47. The number of amides is 1. The third kappa shape index (κ3) is 3.62. The normalized spacial score (nSPS) is 18.5. The molecule has 2 saturated heterocycles. The number of piperidine rings is 1. The zero-order valence-electron chi connectivity index (χ0n) is 18.6. The number of carbonyl (C=O) groups is 1. The number of benzene rings is 1. The molecule has 2 aromatic heterocycles. The summed E-state index contributed by atoms with van der Waals surface area (Å²) in [6, 6.07) is 9.34. The molecule has 1 aromatic carbocycles. The Morgan fingerprint density at radius 3 is 2.47 bits per heavy atom. The van der Waals surface area contributed by atoms with E-state index in [4.69, 9.17) is 4.74 Å². The summed E-state index contributed by atoms with van der Waals surface area (Å²) in [7, 11) is 0. The van der Waals surface area contributed by atoms with Gasteiger partial charge in [-0.1, -0.05) is 6.07 Å². The lowest BCUT2D eigenvalue weighted by molar-refractivity contribution is -0.124. The second kappa shape index (κ2) is 8.13. The van der Waals surface area contributed by atoms with Crippen LogP contribution in [0.1, 0.15) is 40.2 Å². The van der Waals surface area contributed by atoms with Gasteiger partial charge in [-0.25, -0.2) is 13.8 Å². The number of aromatic nitrogens is 2. The lowest BCUT2D eigenvalue weighted by Crippen LogP contribution is -2.50. The standard InChI is InChI=1S/C26H24F2N4O2/c27-19-2-1-3-20(28)24(19)21-11-16(23-22(31-21)13-30-25(23)33)10-17-4-5-18(12-29-17)32-8-6-26(7-9-32)14-34-15-26/h1-5,11-12H,6-10,13-15H2,(H,30,33). The summed E-state index contributed by atoms with van der Waals surface area (Å²) >= 11 is 0. The molecule has 1 amide bonds. The molecular formula is C26H24F2N4O2. The van der Waals surface area contributed by atoms with E-state index in [-0.39, 0.29) is 23.7 Å². The van der Waals surface area contributed by atoms with Crippen molar-refractivity contribution >= 4 is 11.6 Å². The van der Waals surface area contributed by atoms with Crippen LogP contribution in [0.2, 0.25) is 0 Å². The van der Waals surface area contributed by atoms with Gasteiger partial charge in [0.15, 0.2) is 0 Å².